The number of carboxylic acid groups (broad SMARTS) is 1. The van der Waals surface area contributed by atoms with Crippen molar-refractivity contribution in [2.75, 3.05) is 6.79 Å². The van der Waals surface area contributed by atoms with E-state index in [9.17, 15) is 9.90 Å². The third-order valence-corrected chi connectivity index (χ3v) is 5.73. The standard InChI is InChI=1S/C22H17N3O5/c26-20(27)10-16-5-4-15-7-12-1-2-13(8-17(12)25(15)16)21-23-22(30-24-21)14-3-6-18-19(9-14)29-11-28-18/h1-3,6-9,16H,4-5,10-11H2,(H,26,27). The summed E-state index contributed by atoms with van der Waals surface area (Å²) >= 11 is 0. The van der Waals surface area contributed by atoms with Gasteiger partial charge in [-0.15, -0.1) is 0 Å². The van der Waals surface area contributed by atoms with Gasteiger partial charge >= 0.3 is 5.97 Å². The Kier molecular flexibility index (Phi) is 3.61. The average Bonchev–Trinajstić information content (AvgIpc) is 3.51. The minimum atomic E-state index is -0.780. The van der Waals surface area contributed by atoms with Gasteiger partial charge in [0.05, 0.1) is 6.42 Å². The van der Waals surface area contributed by atoms with Crippen molar-refractivity contribution in [1.82, 2.24) is 14.7 Å². The number of hydrogen-bond acceptors (Lipinski definition) is 6. The van der Waals surface area contributed by atoms with Gasteiger partial charge in [-0.2, -0.15) is 4.98 Å². The molecule has 0 radical (unpaired) electrons. The molecular formula is C22H17N3O5. The summed E-state index contributed by atoms with van der Waals surface area (Å²) in [6.07, 6.45) is 1.86. The monoisotopic (exact) mass is 403 g/mol. The predicted molar refractivity (Wildman–Crippen MR) is 106 cm³/mol. The number of hydrogen-bond donors (Lipinski definition) is 1. The second-order valence-corrected chi connectivity index (χ2v) is 7.56. The summed E-state index contributed by atoms with van der Waals surface area (Å²) in [7, 11) is 0. The zero-order valence-electron chi connectivity index (χ0n) is 15.9. The van der Waals surface area contributed by atoms with Gasteiger partial charge in [0.1, 0.15) is 0 Å². The maximum atomic E-state index is 11.3. The summed E-state index contributed by atoms with van der Waals surface area (Å²) in [4.78, 5) is 15.8. The first-order chi connectivity index (χ1) is 14.7. The van der Waals surface area contributed by atoms with E-state index in [1.54, 1.807) is 0 Å². The smallest absolute Gasteiger partial charge is 0.305 e. The average molecular weight is 403 g/mol. The number of carbonyl (C=O) groups is 1. The second kappa shape index (κ2) is 6.35. The highest BCUT2D eigenvalue weighted by atomic mass is 16.7. The molecule has 1 N–H and O–H groups in total. The fourth-order valence-corrected chi connectivity index (χ4v) is 4.37. The maximum absolute atomic E-state index is 11.3. The van der Waals surface area contributed by atoms with E-state index < -0.39 is 5.97 Å². The van der Waals surface area contributed by atoms with Crippen LogP contribution in [0.2, 0.25) is 0 Å². The Balaban J connectivity index is 1.37. The fourth-order valence-electron chi connectivity index (χ4n) is 4.37. The number of ether oxygens (including phenoxy) is 2. The van der Waals surface area contributed by atoms with Gasteiger partial charge in [0.25, 0.3) is 5.89 Å². The Hall–Kier alpha value is -3.81. The maximum Gasteiger partial charge on any atom is 0.305 e. The molecule has 30 heavy (non-hydrogen) atoms. The molecule has 1 atom stereocenters. The molecular weight excluding hydrogens is 386 g/mol. The number of aryl methyl sites for hydroxylation is 1. The molecule has 0 aliphatic carbocycles. The topological polar surface area (TPSA) is 99.6 Å². The molecule has 0 bridgehead atoms. The normalized spacial score (nSPS) is 16.9. The van der Waals surface area contributed by atoms with Crippen LogP contribution >= 0.6 is 0 Å². The highest BCUT2D eigenvalue weighted by Gasteiger charge is 2.26. The van der Waals surface area contributed by atoms with Crippen molar-refractivity contribution in [2.24, 2.45) is 0 Å². The van der Waals surface area contributed by atoms with E-state index >= 15 is 0 Å². The highest BCUT2D eigenvalue weighted by molar-refractivity contribution is 5.86. The first kappa shape index (κ1) is 17.1. The summed E-state index contributed by atoms with van der Waals surface area (Å²) in [5.74, 6) is 1.45. The van der Waals surface area contributed by atoms with E-state index in [1.165, 1.54) is 5.69 Å². The number of aliphatic carboxylic acids is 1. The van der Waals surface area contributed by atoms with E-state index in [4.69, 9.17) is 14.0 Å². The van der Waals surface area contributed by atoms with Crippen LogP contribution in [0.15, 0.2) is 47.0 Å². The van der Waals surface area contributed by atoms with E-state index in [-0.39, 0.29) is 19.3 Å². The van der Waals surface area contributed by atoms with E-state index in [0.717, 1.165) is 34.9 Å². The van der Waals surface area contributed by atoms with Gasteiger partial charge in [0.15, 0.2) is 11.5 Å². The number of fused-ring (bicyclic) bond motifs is 4. The van der Waals surface area contributed by atoms with Crippen LogP contribution in [0.3, 0.4) is 0 Å². The Morgan fingerprint density at radius 3 is 2.87 bits per heavy atom. The molecule has 2 aromatic heterocycles. The van der Waals surface area contributed by atoms with Crippen LogP contribution in [-0.4, -0.2) is 32.6 Å². The number of rotatable bonds is 4. The molecule has 2 aliphatic heterocycles. The lowest BCUT2D eigenvalue weighted by Gasteiger charge is -2.13. The minimum Gasteiger partial charge on any atom is -0.481 e. The van der Waals surface area contributed by atoms with Crippen LogP contribution < -0.4 is 9.47 Å². The predicted octanol–water partition coefficient (Wildman–Crippen LogP) is 4.05. The lowest BCUT2D eigenvalue weighted by atomic mass is 10.1. The van der Waals surface area contributed by atoms with Crippen LogP contribution in [-0.2, 0) is 11.2 Å². The van der Waals surface area contributed by atoms with Gasteiger partial charge in [-0.25, -0.2) is 0 Å². The molecule has 4 heterocycles. The molecule has 8 nitrogen and oxygen atoms in total. The molecule has 0 spiro atoms. The van der Waals surface area contributed by atoms with Crippen molar-refractivity contribution >= 4 is 16.9 Å². The van der Waals surface area contributed by atoms with Gasteiger partial charge in [-0.05, 0) is 48.6 Å². The molecule has 150 valence electrons. The van der Waals surface area contributed by atoms with Crippen molar-refractivity contribution in [3.63, 3.8) is 0 Å². The molecule has 2 aliphatic rings. The number of nitrogens with zero attached hydrogens (tertiary/aromatic N) is 3. The lowest BCUT2D eigenvalue weighted by molar-refractivity contribution is -0.137. The van der Waals surface area contributed by atoms with Gasteiger partial charge in [0, 0.05) is 28.4 Å². The van der Waals surface area contributed by atoms with Crippen LogP contribution in [0, 0.1) is 0 Å². The van der Waals surface area contributed by atoms with Crippen molar-refractivity contribution in [3.8, 4) is 34.3 Å². The van der Waals surface area contributed by atoms with E-state index in [0.29, 0.717) is 23.2 Å². The molecule has 8 heteroatoms. The fraction of sp³-hybridized carbons (Fsp3) is 0.227. The van der Waals surface area contributed by atoms with Gasteiger partial charge in [-0.1, -0.05) is 17.3 Å². The van der Waals surface area contributed by atoms with Crippen LogP contribution in [0.5, 0.6) is 11.5 Å². The van der Waals surface area contributed by atoms with Crippen molar-refractivity contribution in [3.05, 3.63) is 48.2 Å². The molecule has 0 saturated heterocycles. The summed E-state index contributed by atoms with van der Waals surface area (Å²) in [5.41, 5.74) is 3.74. The molecule has 0 fully saturated rings. The number of aromatic nitrogens is 3. The Labute approximate surface area is 170 Å². The summed E-state index contributed by atoms with van der Waals surface area (Å²) < 4.78 is 18.4. The van der Waals surface area contributed by atoms with Crippen molar-refractivity contribution in [1.29, 1.82) is 0 Å². The Morgan fingerprint density at radius 1 is 1.10 bits per heavy atom. The lowest BCUT2D eigenvalue weighted by Crippen LogP contribution is -2.09. The highest BCUT2D eigenvalue weighted by Crippen LogP contribution is 2.38. The summed E-state index contributed by atoms with van der Waals surface area (Å²) in [6.45, 7) is 0.207. The first-order valence-electron chi connectivity index (χ1n) is 9.75. The molecule has 6 rings (SSSR count). The van der Waals surface area contributed by atoms with E-state index in [2.05, 4.69) is 20.8 Å². The Morgan fingerprint density at radius 2 is 1.97 bits per heavy atom. The Bertz CT molecular complexity index is 1310. The third kappa shape index (κ3) is 2.64. The molecule has 1 unspecified atom stereocenters. The van der Waals surface area contributed by atoms with Crippen molar-refractivity contribution in [2.45, 2.75) is 25.3 Å². The molecule has 2 aromatic carbocycles. The zero-order valence-corrected chi connectivity index (χ0v) is 15.9. The number of carboxylic acids is 1. The summed E-state index contributed by atoms with van der Waals surface area (Å²) in [5, 5.41) is 14.5. The van der Waals surface area contributed by atoms with Crippen LogP contribution in [0.4, 0.5) is 0 Å². The molecule has 0 saturated carbocycles. The third-order valence-electron chi connectivity index (χ3n) is 5.73. The first-order valence-corrected chi connectivity index (χ1v) is 9.75. The van der Waals surface area contributed by atoms with Crippen LogP contribution in [0.25, 0.3) is 33.7 Å². The van der Waals surface area contributed by atoms with Crippen molar-refractivity contribution < 1.29 is 23.9 Å². The van der Waals surface area contributed by atoms with Gasteiger partial charge in [0.2, 0.25) is 12.6 Å². The van der Waals surface area contributed by atoms with Crippen LogP contribution in [0.1, 0.15) is 24.6 Å². The van der Waals surface area contributed by atoms with Gasteiger partial charge < -0.3 is 23.7 Å². The quantitative estimate of drug-likeness (QED) is 0.549. The molecule has 4 aromatic rings. The summed E-state index contributed by atoms with van der Waals surface area (Å²) in [6, 6.07) is 13.6. The molecule has 0 amide bonds. The zero-order chi connectivity index (χ0) is 20.2. The minimum absolute atomic E-state index is 0.0280. The van der Waals surface area contributed by atoms with Gasteiger partial charge in [-0.3, -0.25) is 4.79 Å². The SMILES string of the molecule is O=C(O)CC1CCc2cc3ccc(-c4noc(-c5ccc6c(c5)OCO6)n4)cc3n21. The van der Waals surface area contributed by atoms with E-state index in [1.807, 2.05) is 36.4 Å². The number of benzene rings is 2. The largest absolute Gasteiger partial charge is 0.481 e. The second-order valence-electron chi connectivity index (χ2n) is 7.56.